The zero-order valence-corrected chi connectivity index (χ0v) is 15.4. The fraction of sp³-hybridized carbons (Fsp3) is 0.333. The van der Waals surface area contributed by atoms with E-state index in [2.05, 4.69) is 17.6 Å². The summed E-state index contributed by atoms with van der Waals surface area (Å²) in [5.41, 5.74) is 2.26. The molecule has 0 saturated heterocycles. The standard InChI is InChI=1S/C21H26N2O3/c1-3-4-5-9-20(24)22-17-7-6-8-18(15-17)23-21(25)14-16-10-12-19(26-2)13-11-16/h6-8,10-13,15H,3-5,9,14H2,1-2H3,(H,22,24)(H,23,25). The number of hydrogen-bond donors (Lipinski definition) is 2. The van der Waals surface area contributed by atoms with E-state index in [0.717, 1.165) is 30.6 Å². The van der Waals surface area contributed by atoms with E-state index in [0.29, 0.717) is 17.8 Å². The highest BCUT2D eigenvalue weighted by molar-refractivity contribution is 5.94. The largest absolute Gasteiger partial charge is 0.497 e. The molecule has 5 nitrogen and oxygen atoms in total. The van der Waals surface area contributed by atoms with Gasteiger partial charge < -0.3 is 15.4 Å². The number of rotatable bonds is 9. The lowest BCUT2D eigenvalue weighted by molar-refractivity contribution is -0.116. The van der Waals surface area contributed by atoms with Crippen molar-refractivity contribution in [3.8, 4) is 5.75 Å². The SMILES string of the molecule is CCCCCC(=O)Nc1cccc(NC(=O)Cc2ccc(OC)cc2)c1. The highest BCUT2D eigenvalue weighted by atomic mass is 16.5. The predicted octanol–water partition coefficient (Wildman–Crippen LogP) is 4.40. The van der Waals surface area contributed by atoms with Gasteiger partial charge in [-0.25, -0.2) is 0 Å². The molecule has 2 amide bonds. The van der Waals surface area contributed by atoms with Gasteiger partial charge in [0.2, 0.25) is 11.8 Å². The molecule has 2 aromatic rings. The molecular weight excluding hydrogens is 328 g/mol. The first kappa shape index (κ1) is 19.5. The minimum atomic E-state index is -0.110. The van der Waals surface area contributed by atoms with E-state index in [1.807, 2.05) is 36.4 Å². The number of methoxy groups -OCH3 is 1. The molecule has 26 heavy (non-hydrogen) atoms. The predicted molar refractivity (Wildman–Crippen MR) is 105 cm³/mol. The summed E-state index contributed by atoms with van der Waals surface area (Å²) in [5, 5.41) is 5.74. The van der Waals surface area contributed by atoms with Crippen LogP contribution in [0.25, 0.3) is 0 Å². The van der Waals surface area contributed by atoms with Crippen LogP contribution >= 0.6 is 0 Å². The minimum Gasteiger partial charge on any atom is -0.497 e. The number of benzene rings is 2. The van der Waals surface area contributed by atoms with Gasteiger partial charge in [0.05, 0.1) is 13.5 Å². The number of hydrogen-bond acceptors (Lipinski definition) is 3. The number of ether oxygens (including phenoxy) is 1. The molecular formula is C21H26N2O3. The van der Waals surface area contributed by atoms with Crippen LogP contribution in [0.4, 0.5) is 11.4 Å². The second kappa shape index (κ2) is 10.2. The van der Waals surface area contributed by atoms with Crippen molar-refractivity contribution in [3.63, 3.8) is 0 Å². The van der Waals surface area contributed by atoms with Gasteiger partial charge in [0, 0.05) is 17.8 Å². The third-order valence-corrected chi connectivity index (χ3v) is 3.96. The van der Waals surface area contributed by atoms with Gasteiger partial charge >= 0.3 is 0 Å². The molecule has 0 radical (unpaired) electrons. The molecule has 2 aromatic carbocycles. The van der Waals surface area contributed by atoms with E-state index in [-0.39, 0.29) is 18.2 Å². The molecule has 0 atom stereocenters. The summed E-state index contributed by atoms with van der Waals surface area (Å²) in [7, 11) is 1.61. The number of amides is 2. The average Bonchev–Trinajstić information content (AvgIpc) is 2.63. The van der Waals surface area contributed by atoms with E-state index in [1.165, 1.54) is 0 Å². The second-order valence-electron chi connectivity index (χ2n) is 6.16. The Kier molecular flexibility index (Phi) is 7.68. The summed E-state index contributed by atoms with van der Waals surface area (Å²) in [4.78, 5) is 24.1. The molecule has 0 fully saturated rings. The monoisotopic (exact) mass is 354 g/mol. The highest BCUT2D eigenvalue weighted by Crippen LogP contribution is 2.17. The Morgan fingerprint density at radius 1 is 0.923 bits per heavy atom. The Balaban J connectivity index is 1.88. The number of unbranched alkanes of at least 4 members (excludes halogenated alkanes) is 2. The van der Waals surface area contributed by atoms with E-state index in [4.69, 9.17) is 4.74 Å². The van der Waals surface area contributed by atoms with Crippen molar-refractivity contribution >= 4 is 23.2 Å². The minimum absolute atomic E-state index is 0.000148. The molecule has 0 aromatic heterocycles. The molecule has 0 bridgehead atoms. The number of anilines is 2. The topological polar surface area (TPSA) is 67.4 Å². The number of carbonyl (C=O) groups excluding carboxylic acids is 2. The van der Waals surface area contributed by atoms with Crippen LogP contribution in [0, 0.1) is 0 Å². The Morgan fingerprint density at radius 2 is 1.58 bits per heavy atom. The number of nitrogens with one attached hydrogen (secondary N) is 2. The average molecular weight is 354 g/mol. The molecule has 0 spiro atoms. The van der Waals surface area contributed by atoms with Crippen molar-refractivity contribution in [1.82, 2.24) is 0 Å². The molecule has 0 heterocycles. The lowest BCUT2D eigenvalue weighted by Gasteiger charge is -2.09. The zero-order valence-electron chi connectivity index (χ0n) is 15.4. The van der Waals surface area contributed by atoms with Crippen LogP contribution in [0.2, 0.25) is 0 Å². The van der Waals surface area contributed by atoms with Crippen LogP contribution in [0.3, 0.4) is 0 Å². The first-order valence-electron chi connectivity index (χ1n) is 8.93. The normalized spacial score (nSPS) is 10.2. The Hall–Kier alpha value is -2.82. The van der Waals surface area contributed by atoms with Crippen LogP contribution in [-0.4, -0.2) is 18.9 Å². The van der Waals surface area contributed by atoms with Gasteiger partial charge in [0.25, 0.3) is 0 Å². The van der Waals surface area contributed by atoms with Crippen molar-refractivity contribution < 1.29 is 14.3 Å². The van der Waals surface area contributed by atoms with Crippen LogP contribution in [0.5, 0.6) is 5.75 Å². The summed E-state index contributed by atoms with van der Waals surface area (Å²) in [6.07, 6.45) is 3.82. The molecule has 0 unspecified atom stereocenters. The van der Waals surface area contributed by atoms with Crippen molar-refractivity contribution in [2.75, 3.05) is 17.7 Å². The maximum Gasteiger partial charge on any atom is 0.228 e. The van der Waals surface area contributed by atoms with Crippen molar-refractivity contribution in [2.45, 2.75) is 39.0 Å². The van der Waals surface area contributed by atoms with Gasteiger partial charge in [-0.15, -0.1) is 0 Å². The lowest BCUT2D eigenvalue weighted by Crippen LogP contribution is -2.15. The summed E-state index contributed by atoms with van der Waals surface area (Å²) >= 11 is 0. The molecule has 0 aliphatic carbocycles. The second-order valence-corrected chi connectivity index (χ2v) is 6.16. The molecule has 0 aliphatic rings. The molecule has 5 heteroatoms. The summed E-state index contributed by atoms with van der Waals surface area (Å²) in [6.45, 7) is 2.11. The van der Waals surface area contributed by atoms with Gasteiger partial charge in [0.1, 0.15) is 5.75 Å². The quantitative estimate of drug-likeness (QED) is 0.656. The van der Waals surface area contributed by atoms with Gasteiger partial charge in [-0.3, -0.25) is 9.59 Å². The summed E-state index contributed by atoms with van der Waals surface area (Å²) in [5.74, 6) is 0.651. The van der Waals surface area contributed by atoms with Gasteiger partial charge in [0.15, 0.2) is 0 Å². The van der Waals surface area contributed by atoms with Gasteiger partial charge in [-0.1, -0.05) is 38.0 Å². The molecule has 0 aliphatic heterocycles. The van der Waals surface area contributed by atoms with E-state index >= 15 is 0 Å². The fourth-order valence-corrected chi connectivity index (χ4v) is 2.57. The Morgan fingerprint density at radius 3 is 2.19 bits per heavy atom. The molecule has 138 valence electrons. The highest BCUT2D eigenvalue weighted by Gasteiger charge is 2.07. The summed E-state index contributed by atoms with van der Waals surface area (Å²) < 4.78 is 5.11. The maximum atomic E-state index is 12.2. The first-order valence-corrected chi connectivity index (χ1v) is 8.93. The lowest BCUT2D eigenvalue weighted by atomic mass is 10.1. The van der Waals surface area contributed by atoms with E-state index < -0.39 is 0 Å². The van der Waals surface area contributed by atoms with Crippen LogP contribution in [-0.2, 0) is 16.0 Å². The maximum absolute atomic E-state index is 12.2. The van der Waals surface area contributed by atoms with Crippen LogP contribution in [0.1, 0.15) is 38.2 Å². The van der Waals surface area contributed by atoms with Gasteiger partial charge in [-0.2, -0.15) is 0 Å². The summed E-state index contributed by atoms with van der Waals surface area (Å²) in [6, 6.07) is 14.6. The van der Waals surface area contributed by atoms with Gasteiger partial charge in [-0.05, 0) is 42.3 Å². The smallest absolute Gasteiger partial charge is 0.228 e. The third-order valence-electron chi connectivity index (χ3n) is 3.96. The number of carbonyl (C=O) groups is 2. The Bertz CT molecular complexity index is 726. The third kappa shape index (κ3) is 6.59. The van der Waals surface area contributed by atoms with Crippen LogP contribution < -0.4 is 15.4 Å². The fourth-order valence-electron chi connectivity index (χ4n) is 2.57. The van der Waals surface area contributed by atoms with Crippen molar-refractivity contribution in [1.29, 1.82) is 0 Å². The van der Waals surface area contributed by atoms with Crippen molar-refractivity contribution in [3.05, 3.63) is 54.1 Å². The Labute approximate surface area is 154 Å². The van der Waals surface area contributed by atoms with Crippen molar-refractivity contribution in [2.24, 2.45) is 0 Å². The van der Waals surface area contributed by atoms with E-state index in [9.17, 15) is 9.59 Å². The zero-order chi connectivity index (χ0) is 18.8. The van der Waals surface area contributed by atoms with Crippen LogP contribution in [0.15, 0.2) is 48.5 Å². The molecule has 2 N–H and O–H groups in total. The molecule has 2 rings (SSSR count). The molecule has 0 saturated carbocycles. The first-order chi connectivity index (χ1) is 12.6. The van der Waals surface area contributed by atoms with E-state index in [1.54, 1.807) is 19.2 Å².